The van der Waals surface area contributed by atoms with Crippen molar-refractivity contribution >= 4 is 23.2 Å². The van der Waals surface area contributed by atoms with Gasteiger partial charge in [-0.15, -0.1) is 11.3 Å². The fraction of sp³-hybridized carbons (Fsp3) is 0.409. The van der Waals surface area contributed by atoms with Gasteiger partial charge in [0.25, 0.3) is 0 Å². The Labute approximate surface area is 307 Å². The van der Waals surface area contributed by atoms with Crippen LogP contribution in [0.1, 0.15) is 114 Å². The van der Waals surface area contributed by atoms with Gasteiger partial charge in [-0.05, 0) is 112 Å². The Hall–Kier alpha value is -4.04. The number of nitrogens with zero attached hydrogens (tertiary/aromatic N) is 1. The number of fused-ring (bicyclic) bond motifs is 8. The molecule has 5 atom stereocenters. The number of urea groups is 1. The van der Waals surface area contributed by atoms with Crippen LogP contribution in [0.25, 0.3) is 0 Å². The van der Waals surface area contributed by atoms with E-state index in [9.17, 15) is 19.8 Å². The fourth-order valence-corrected chi connectivity index (χ4v) is 9.13. The lowest BCUT2D eigenvalue weighted by Gasteiger charge is -2.46. The van der Waals surface area contributed by atoms with Gasteiger partial charge >= 0.3 is 6.03 Å². The zero-order valence-electron chi connectivity index (χ0n) is 30.4. The van der Waals surface area contributed by atoms with Crippen LogP contribution in [-0.2, 0) is 13.0 Å². The van der Waals surface area contributed by atoms with Crippen molar-refractivity contribution < 1.29 is 19.8 Å². The molecule has 51 heavy (non-hydrogen) atoms. The Morgan fingerprint density at radius 2 is 1.69 bits per heavy atom. The molecule has 0 radical (unpaired) electrons. The maximum Gasteiger partial charge on any atom is 0.318 e. The average Bonchev–Trinajstić information content (AvgIpc) is 3.67. The Kier molecular flexibility index (Phi) is 11.3. The van der Waals surface area contributed by atoms with Crippen LogP contribution in [0.4, 0.5) is 4.79 Å². The quantitative estimate of drug-likeness (QED) is 0.126. The van der Waals surface area contributed by atoms with Gasteiger partial charge in [0, 0.05) is 22.4 Å². The molecule has 268 valence electrons. The molecule has 7 heteroatoms. The molecule has 6 nitrogen and oxygen atoms in total. The minimum Gasteiger partial charge on any atom is -0.393 e. The van der Waals surface area contributed by atoms with Crippen molar-refractivity contribution in [3.05, 3.63) is 140 Å². The number of thiophene rings is 1. The summed E-state index contributed by atoms with van der Waals surface area (Å²) in [6, 6.07) is 29.4. The minimum atomic E-state index is -1.23. The summed E-state index contributed by atoms with van der Waals surface area (Å²) in [4.78, 5) is 32.0. The van der Waals surface area contributed by atoms with Gasteiger partial charge in [-0.3, -0.25) is 4.79 Å². The number of carbonyl (C=O) groups is 2. The maximum atomic E-state index is 14.3. The van der Waals surface area contributed by atoms with E-state index in [-0.39, 0.29) is 30.3 Å². The van der Waals surface area contributed by atoms with E-state index in [2.05, 4.69) is 37.4 Å². The molecule has 0 unspecified atom stereocenters. The highest BCUT2D eigenvalue weighted by atomic mass is 32.1. The SMILES string of the molecule is CC1=CCC[C@@]2(C)[C@@H](CC[C@@]2(O)CN(Cc2ccccc2)C(=O)N[C@H](C)c2ccccc2)c2ccc(cc2C(=O)c2ccc(C)s2)C[C@@H](O)CC1. The van der Waals surface area contributed by atoms with Crippen molar-refractivity contribution in [3.63, 3.8) is 0 Å². The second kappa shape index (κ2) is 15.7. The molecule has 3 N–H and O–H groups in total. The first kappa shape index (κ1) is 36.7. The lowest BCUT2D eigenvalue weighted by Crippen LogP contribution is -2.55. The van der Waals surface area contributed by atoms with E-state index in [0.29, 0.717) is 49.1 Å². The molecule has 3 aliphatic rings. The van der Waals surface area contributed by atoms with Gasteiger partial charge in [0.1, 0.15) is 0 Å². The second-order valence-corrected chi connectivity index (χ2v) is 16.4. The summed E-state index contributed by atoms with van der Waals surface area (Å²) in [7, 11) is 0. The van der Waals surface area contributed by atoms with Gasteiger partial charge in [-0.1, -0.05) is 91.4 Å². The van der Waals surface area contributed by atoms with E-state index in [1.807, 2.05) is 92.7 Å². The normalized spacial score (nSPS) is 24.2. The fourth-order valence-electron chi connectivity index (χ4n) is 8.31. The molecular weight excluding hydrogens is 653 g/mol. The summed E-state index contributed by atoms with van der Waals surface area (Å²) >= 11 is 1.50. The number of benzene rings is 3. The third kappa shape index (κ3) is 8.22. The summed E-state index contributed by atoms with van der Waals surface area (Å²) in [6.45, 7) is 8.80. The van der Waals surface area contributed by atoms with Crippen LogP contribution in [0, 0.1) is 12.3 Å². The molecule has 1 aromatic heterocycles. The highest BCUT2D eigenvalue weighted by Crippen LogP contribution is 2.59. The largest absolute Gasteiger partial charge is 0.393 e. The van der Waals surface area contributed by atoms with Crippen LogP contribution in [-0.4, -0.2) is 45.2 Å². The number of amides is 2. The van der Waals surface area contributed by atoms with Gasteiger partial charge in [-0.2, -0.15) is 0 Å². The third-order valence-corrected chi connectivity index (χ3v) is 12.5. The van der Waals surface area contributed by atoms with Crippen LogP contribution in [0.3, 0.4) is 0 Å². The smallest absolute Gasteiger partial charge is 0.318 e. The van der Waals surface area contributed by atoms with Crippen molar-refractivity contribution in [2.45, 2.75) is 103 Å². The molecule has 0 saturated heterocycles. The summed E-state index contributed by atoms with van der Waals surface area (Å²) < 4.78 is 0. The topological polar surface area (TPSA) is 89.9 Å². The van der Waals surface area contributed by atoms with Crippen molar-refractivity contribution in [2.75, 3.05) is 6.54 Å². The standard InChI is InChI=1S/C44H52N2O4S/c1-30-12-11-24-43(4)39(37-21-19-34(26-36(47)20-17-30)27-38(37)41(48)40-22-18-31(2)51-40)23-25-44(43,50)29-46(28-33-13-7-5-8-14-33)42(49)45-32(3)35-15-9-6-10-16-35/h5-10,12-16,18-19,21-22,27,32,36,39,47,50H,11,17,20,23-26,28-29H2,1-4H3,(H,45,49)/t32-,36+,39+,43+,44-/m1/s1. The number of carbonyl (C=O) groups excluding carboxylic acids is 2. The number of aryl methyl sites for hydroxylation is 1. The lowest BCUT2D eigenvalue weighted by atomic mass is 9.64. The summed E-state index contributed by atoms with van der Waals surface area (Å²) in [5.41, 5.74) is 3.88. The van der Waals surface area contributed by atoms with E-state index in [0.717, 1.165) is 40.0 Å². The molecule has 1 heterocycles. The van der Waals surface area contributed by atoms with Crippen LogP contribution in [0.2, 0.25) is 0 Å². The highest BCUT2D eigenvalue weighted by molar-refractivity contribution is 7.14. The number of rotatable bonds is 8. The van der Waals surface area contributed by atoms with Gasteiger partial charge < -0.3 is 20.4 Å². The van der Waals surface area contributed by atoms with E-state index in [4.69, 9.17) is 0 Å². The zero-order chi connectivity index (χ0) is 36.2. The number of hydrogen-bond donors (Lipinski definition) is 3. The van der Waals surface area contributed by atoms with Gasteiger partial charge in [0.05, 0.1) is 29.2 Å². The number of aliphatic hydroxyl groups excluding tert-OH is 1. The average molecular weight is 705 g/mol. The predicted octanol–water partition coefficient (Wildman–Crippen LogP) is 9.30. The first-order valence-electron chi connectivity index (χ1n) is 18.4. The molecule has 3 aromatic carbocycles. The Morgan fingerprint density at radius 3 is 2.39 bits per heavy atom. The van der Waals surface area contributed by atoms with Crippen LogP contribution in [0.5, 0.6) is 0 Å². The molecule has 2 amide bonds. The summed E-state index contributed by atoms with van der Waals surface area (Å²) in [5, 5.41) is 27.2. The molecule has 0 spiro atoms. The molecule has 0 aliphatic heterocycles. The Balaban J connectivity index is 1.40. The Bertz CT molecular complexity index is 1850. The number of aliphatic hydroxyl groups is 2. The highest BCUT2D eigenvalue weighted by Gasteiger charge is 2.57. The Morgan fingerprint density at radius 1 is 0.961 bits per heavy atom. The van der Waals surface area contributed by atoms with Crippen molar-refractivity contribution in [1.29, 1.82) is 0 Å². The number of nitrogens with one attached hydrogen (secondary N) is 1. The molecule has 1 saturated carbocycles. The maximum absolute atomic E-state index is 14.3. The third-order valence-electron chi connectivity index (χ3n) is 11.5. The second-order valence-electron chi connectivity index (χ2n) is 15.1. The van der Waals surface area contributed by atoms with Crippen LogP contribution >= 0.6 is 11.3 Å². The van der Waals surface area contributed by atoms with E-state index in [1.54, 1.807) is 4.90 Å². The van der Waals surface area contributed by atoms with Crippen LogP contribution < -0.4 is 5.32 Å². The molecule has 7 rings (SSSR count). The molecule has 1 fully saturated rings. The van der Waals surface area contributed by atoms with Crippen molar-refractivity contribution in [1.82, 2.24) is 10.2 Å². The van der Waals surface area contributed by atoms with Crippen LogP contribution in [0.15, 0.2) is 103 Å². The molecule has 2 bridgehead atoms. The first-order chi connectivity index (χ1) is 24.5. The van der Waals surface area contributed by atoms with Gasteiger partial charge in [0.15, 0.2) is 0 Å². The summed E-state index contributed by atoms with van der Waals surface area (Å²) in [5.74, 6) is -0.136. The van der Waals surface area contributed by atoms with Crippen molar-refractivity contribution in [3.8, 4) is 0 Å². The lowest BCUT2D eigenvalue weighted by molar-refractivity contribution is -0.0781. The van der Waals surface area contributed by atoms with Gasteiger partial charge in [-0.25, -0.2) is 4.79 Å². The van der Waals surface area contributed by atoms with Crippen molar-refractivity contribution in [2.24, 2.45) is 5.41 Å². The molecule has 4 aromatic rings. The van der Waals surface area contributed by atoms with E-state index < -0.39 is 17.1 Å². The minimum absolute atomic E-state index is 0.0138. The number of allylic oxidation sites excluding steroid dienone is 2. The van der Waals surface area contributed by atoms with Gasteiger partial charge in [0.2, 0.25) is 5.78 Å². The monoisotopic (exact) mass is 704 g/mol. The number of hydrogen-bond acceptors (Lipinski definition) is 5. The zero-order valence-corrected chi connectivity index (χ0v) is 31.2. The number of ketones is 1. The molecular formula is C44H52N2O4S. The predicted molar refractivity (Wildman–Crippen MR) is 206 cm³/mol. The van der Waals surface area contributed by atoms with E-state index in [1.165, 1.54) is 16.9 Å². The first-order valence-corrected chi connectivity index (χ1v) is 19.2. The summed E-state index contributed by atoms with van der Waals surface area (Å²) in [6.07, 6.45) is 6.27. The molecule has 3 aliphatic carbocycles. The van der Waals surface area contributed by atoms with E-state index >= 15 is 0 Å².